The van der Waals surface area contributed by atoms with Gasteiger partial charge >= 0.3 is 12.2 Å². The highest BCUT2D eigenvalue weighted by molar-refractivity contribution is 5.99. The van der Waals surface area contributed by atoms with E-state index in [0.717, 1.165) is 0 Å². The normalized spacial score (nSPS) is 9.56. The van der Waals surface area contributed by atoms with E-state index in [1.807, 2.05) is 5.32 Å². The highest BCUT2D eigenvalue weighted by Crippen LogP contribution is 1.93. The zero-order valence-electron chi connectivity index (χ0n) is 9.22. The smallest absolute Gasteiger partial charge is 0.410 e. The van der Waals surface area contributed by atoms with Crippen molar-refractivity contribution >= 4 is 17.9 Å². The summed E-state index contributed by atoms with van der Waals surface area (Å²) in [5.41, 5.74) is 4.62. The third-order valence-electron chi connectivity index (χ3n) is 1.17. The van der Waals surface area contributed by atoms with Gasteiger partial charge in [0.25, 0.3) is 0 Å². The number of carbonyl (C=O) groups excluding carboxylic acids is 2. The Morgan fingerprint density at radius 3 is 2.12 bits per heavy atom. The predicted octanol–water partition coefficient (Wildman–Crippen LogP) is 0.417. The fraction of sp³-hybridized carbons (Fsp3) is 0.500. The molecule has 0 radical (unpaired) electrons. The second kappa shape index (κ2) is 9.26. The molecule has 0 aromatic heterocycles. The number of nitrogens with two attached hydrogens (primary N) is 1. The Kier molecular flexibility index (Phi) is 9.34. The lowest BCUT2D eigenvalue weighted by Gasteiger charge is -1.93. The lowest BCUT2D eigenvalue weighted by atomic mass is 10.1. The van der Waals surface area contributed by atoms with Gasteiger partial charge in [-0.2, -0.15) is 5.26 Å². The van der Waals surface area contributed by atoms with Crippen LogP contribution in [0.2, 0.25) is 0 Å². The molecule has 0 unspecified atom stereocenters. The van der Waals surface area contributed by atoms with Crippen molar-refractivity contribution in [2.24, 2.45) is 16.8 Å². The zero-order valence-corrected chi connectivity index (χ0v) is 9.22. The Labute approximate surface area is 92.7 Å². The summed E-state index contributed by atoms with van der Waals surface area (Å²) >= 11 is 0. The van der Waals surface area contributed by atoms with Gasteiger partial charge in [-0.05, 0) is 0 Å². The summed E-state index contributed by atoms with van der Waals surface area (Å²) < 4.78 is 3.79. The number of carbonyl (C=O) groups is 2. The van der Waals surface area contributed by atoms with Crippen molar-refractivity contribution in [2.75, 3.05) is 7.05 Å². The van der Waals surface area contributed by atoms with Crippen LogP contribution >= 0.6 is 0 Å². The molecule has 8 heteroatoms. The lowest BCUT2D eigenvalue weighted by Crippen LogP contribution is -2.26. The van der Waals surface area contributed by atoms with Crippen LogP contribution in [0.3, 0.4) is 0 Å². The van der Waals surface area contributed by atoms with Crippen LogP contribution in [-0.4, -0.2) is 30.2 Å². The van der Waals surface area contributed by atoms with Gasteiger partial charge in [-0.25, -0.2) is 9.59 Å². The molecule has 0 bridgehead atoms. The average Bonchev–Trinajstić information content (AvgIpc) is 2.19. The summed E-state index contributed by atoms with van der Waals surface area (Å²) in [6.07, 6.45) is -1.96. The van der Waals surface area contributed by atoms with Gasteiger partial charge in [0.1, 0.15) is 6.07 Å². The first-order chi connectivity index (χ1) is 7.38. The largest absolute Gasteiger partial charge is 0.415 e. The molecular weight excluding hydrogens is 216 g/mol. The molecule has 0 heterocycles. The Morgan fingerprint density at radius 2 is 2.06 bits per heavy atom. The van der Waals surface area contributed by atoms with Crippen molar-refractivity contribution < 1.29 is 19.5 Å². The number of nitrogens with zero attached hydrogens (tertiary/aromatic N) is 2. The number of nitriles is 1. The minimum atomic E-state index is -1.11. The van der Waals surface area contributed by atoms with E-state index in [-0.39, 0.29) is 11.6 Å². The maximum atomic E-state index is 9.99. The standard InChI is InChI=1S/C5H8N2O.C3H6N2O3/c1-4(2)5(3-6)7-8;1-5-3(7)8-2(4)6/h4,8H,1-2H3;1H3,(H2,4,6)(H,5,7). The fourth-order valence-corrected chi connectivity index (χ4v) is 0.409. The van der Waals surface area contributed by atoms with Gasteiger partial charge in [0.05, 0.1) is 0 Å². The molecule has 16 heavy (non-hydrogen) atoms. The van der Waals surface area contributed by atoms with E-state index in [1.165, 1.54) is 7.05 Å². The van der Waals surface area contributed by atoms with Crippen molar-refractivity contribution in [3.8, 4) is 6.07 Å². The minimum Gasteiger partial charge on any atom is -0.410 e. The molecule has 0 spiro atoms. The number of hydrogen-bond donors (Lipinski definition) is 3. The monoisotopic (exact) mass is 230 g/mol. The average molecular weight is 230 g/mol. The highest BCUT2D eigenvalue weighted by Gasteiger charge is 2.01. The van der Waals surface area contributed by atoms with Crippen LogP contribution in [0.15, 0.2) is 5.16 Å². The van der Waals surface area contributed by atoms with E-state index in [2.05, 4.69) is 15.6 Å². The van der Waals surface area contributed by atoms with Crippen LogP contribution in [-0.2, 0) is 4.74 Å². The summed E-state index contributed by atoms with van der Waals surface area (Å²) in [7, 11) is 1.32. The lowest BCUT2D eigenvalue weighted by molar-refractivity contribution is 0.158. The molecule has 90 valence electrons. The first kappa shape index (κ1) is 16.1. The Hall–Kier alpha value is -2.30. The first-order valence-corrected chi connectivity index (χ1v) is 4.20. The summed E-state index contributed by atoms with van der Waals surface area (Å²) in [5.74, 6) is 0.0185. The molecule has 0 rings (SSSR count). The van der Waals surface area contributed by atoms with Gasteiger partial charge in [-0.1, -0.05) is 19.0 Å². The Bertz CT molecular complexity index is 306. The molecule has 0 aliphatic carbocycles. The number of amides is 2. The van der Waals surface area contributed by atoms with Gasteiger partial charge in [0.2, 0.25) is 0 Å². The van der Waals surface area contributed by atoms with E-state index in [9.17, 15) is 9.59 Å². The number of primary amides is 1. The van der Waals surface area contributed by atoms with Gasteiger partial charge in [-0.15, -0.1) is 0 Å². The summed E-state index contributed by atoms with van der Waals surface area (Å²) in [5, 5.41) is 21.0. The van der Waals surface area contributed by atoms with Crippen LogP contribution < -0.4 is 11.1 Å². The van der Waals surface area contributed by atoms with E-state index in [0.29, 0.717) is 0 Å². The van der Waals surface area contributed by atoms with Gasteiger partial charge in [0, 0.05) is 13.0 Å². The predicted molar refractivity (Wildman–Crippen MR) is 54.8 cm³/mol. The molecule has 8 nitrogen and oxygen atoms in total. The van der Waals surface area contributed by atoms with E-state index in [1.54, 1.807) is 19.9 Å². The van der Waals surface area contributed by atoms with Crippen LogP contribution in [0.5, 0.6) is 0 Å². The van der Waals surface area contributed by atoms with Crippen LogP contribution in [0.25, 0.3) is 0 Å². The molecule has 0 aromatic carbocycles. The fourth-order valence-electron chi connectivity index (χ4n) is 0.409. The summed E-state index contributed by atoms with van der Waals surface area (Å²) in [6, 6.07) is 1.75. The molecule has 0 aromatic rings. The first-order valence-electron chi connectivity index (χ1n) is 4.20. The number of oxime groups is 1. The number of rotatable bonds is 1. The van der Waals surface area contributed by atoms with E-state index >= 15 is 0 Å². The van der Waals surface area contributed by atoms with Crippen LogP contribution in [0, 0.1) is 17.2 Å². The van der Waals surface area contributed by atoms with E-state index < -0.39 is 12.2 Å². The molecule has 4 N–H and O–H groups in total. The molecule has 0 saturated carbocycles. The van der Waals surface area contributed by atoms with Crippen LogP contribution in [0.1, 0.15) is 13.8 Å². The molecule has 0 saturated heterocycles. The number of hydrogen-bond acceptors (Lipinski definition) is 6. The molecule has 0 aliphatic heterocycles. The minimum absolute atomic E-state index is 0.0185. The van der Waals surface area contributed by atoms with Crippen molar-refractivity contribution in [3.63, 3.8) is 0 Å². The van der Waals surface area contributed by atoms with E-state index in [4.69, 9.17) is 10.5 Å². The third kappa shape index (κ3) is 9.79. The quantitative estimate of drug-likeness (QED) is 0.259. The Morgan fingerprint density at radius 1 is 1.56 bits per heavy atom. The topological polar surface area (TPSA) is 138 Å². The SMILES string of the molecule is CC(C)C(C#N)=NO.CNC(=O)OC(N)=O. The third-order valence-corrected chi connectivity index (χ3v) is 1.17. The maximum Gasteiger partial charge on any atom is 0.415 e. The zero-order chi connectivity index (χ0) is 13.1. The molecule has 0 atom stereocenters. The van der Waals surface area contributed by atoms with Gasteiger partial charge in [-0.3, -0.25) is 0 Å². The van der Waals surface area contributed by atoms with Gasteiger partial charge < -0.3 is 21.0 Å². The molecular formula is C8H14N4O4. The number of ether oxygens (including phenoxy) is 1. The number of alkyl carbamates (subject to hydrolysis) is 1. The van der Waals surface area contributed by atoms with Crippen molar-refractivity contribution in [1.82, 2.24) is 5.32 Å². The summed E-state index contributed by atoms with van der Waals surface area (Å²) in [6.45, 7) is 3.58. The Balaban J connectivity index is 0. The van der Waals surface area contributed by atoms with Crippen molar-refractivity contribution in [2.45, 2.75) is 13.8 Å². The van der Waals surface area contributed by atoms with Crippen LogP contribution in [0.4, 0.5) is 9.59 Å². The van der Waals surface area contributed by atoms with Crippen molar-refractivity contribution in [1.29, 1.82) is 5.26 Å². The molecule has 0 fully saturated rings. The summed E-state index contributed by atoms with van der Waals surface area (Å²) in [4.78, 5) is 19.7. The number of nitrogens with one attached hydrogen (secondary N) is 1. The van der Waals surface area contributed by atoms with Crippen molar-refractivity contribution in [3.05, 3.63) is 0 Å². The maximum absolute atomic E-state index is 9.99. The second-order valence-electron chi connectivity index (χ2n) is 2.71. The van der Waals surface area contributed by atoms with Gasteiger partial charge in [0.15, 0.2) is 5.71 Å². The molecule has 0 aliphatic rings. The second-order valence-corrected chi connectivity index (χ2v) is 2.71. The highest BCUT2D eigenvalue weighted by atomic mass is 16.6. The molecule has 2 amide bonds.